The molecule has 0 unspecified atom stereocenters. The lowest BCUT2D eigenvalue weighted by Crippen LogP contribution is -2.26. The van der Waals surface area contributed by atoms with Crippen LogP contribution in [0.1, 0.15) is 22.3 Å². The molecule has 2 aliphatic rings. The van der Waals surface area contributed by atoms with Gasteiger partial charge in [0.2, 0.25) is 0 Å². The van der Waals surface area contributed by atoms with Gasteiger partial charge in [-0.25, -0.2) is 0 Å². The van der Waals surface area contributed by atoms with E-state index in [4.69, 9.17) is 4.42 Å². The van der Waals surface area contributed by atoms with Crippen molar-refractivity contribution >= 4 is 49.8 Å². The lowest BCUT2D eigenvalue weighted by atomic mass is 9.68. The minimum absolute atomic E-state index is 0.575. The maximum atomic E-state index is 7.19. The molecule has 0 fully saturated rings. The van der Waals surface area contributed by atoms with Crippen LogP contribution in [0.5, 0.6) is 0 Å². The van der Waals surface area contributed by atoms with Crippen LogP contribution >= 0.6 is 0 Å². The lowest BCUT2D eigenvalue weighted by molar-refractivity contribution is 0.668. The third kappa shape index (κ3) is 5.45. The van der Waals surface area contributed by atoms with Gasteiger partial charge in [0.15, 0.2) is 0 Å². The first-order chi connectivity index (χ1) is 33.3. The highest BCUT2D eigenvalue weighted by Crippen LogP contribution is 2.66. The molecule has 0 saturated heterocycles. The number of furan rings is 1. The summed E-state index contributed by atoms with van der Waals surface area (Å²) in [5, 5.41) is 4.56. The molecule has 1 heterocycles. The first kappa shape index (κ1) is 37.6. The van der Waals surface area contributed by atoms with E-state index < -0.39 is 5.41 Å². The van der Waals surface area contributed by atoms with E-state index in [1.165, 1.54) is 66.8 Å². The second kappa shape index (κ2) is 14.7. The van der Waals surface area contributed by atoms with Crippen LogP contribution in [-0.2, 0) is 5.41 Å². The van der Waals surface area contributed by atoms with Crippen molar-refractivity contribution in [3.8, 4) is 55.6 Å². The van der Waals surface area contributed by atoms with E-state index >= 15 is 0 Å². The zero-order valence-electron chi connectivity index (χ0n) is 36.5. The normalized spacial score (nSPS) is 12.9. The highest BCUT2D eigenvalue weighted by atomic mass is 16.3. The SMILES string of the molecule is c1ccc(-c2ccc(N(c3ccc(-c4ccccc4)cc3)c3ccc(-c4c5c(cc6c4oc4ccccc46)-c4ccccc4C54c5ccccc5-c5ccccc54)c4ccccc34)cc2)cc1. The fourth-order valence-corrected chi connectivity index (χ4v) is 11.7. The Morgan fingerprint density at radius 2 is 0.761 bits per heavy atom. The molecule has 0 radical (unpaired) electrons. The van der Waals surface area contributed by atoms with E-state index in [1.54, 1.807) is 0 Å². The van der Waals surface area contributed by atoms with Crippen molar-refractivity contribution in [2.75, 3.05) is 4.90 Å². The molecule has 0 saturated carbocycles. The van der Waals surface area contributed by atoms with Crippen molar-refractivity contribution < 1.29 is 4.42 Å². The molecule has 67 heavy (non-hydrogen) atoms. The number of nitrogens with zero attached hydrogens (tertiary/aromatic N) is 1. The molecule has 1 aromatic heterocycles. The molecule has 2 heteroatoms. The fourth-order valence-electron chi connectivity index (χ4n) is 11.7. The largest absolute Gasteiger partial charge is 0.455 e. The first-order valence-corrected chi connectivity index (χ1v) is 23.2. The molecule has 0 aliphatic heterocycles. The van der Waals surface area contributed by atoms with Gasteiger partial charge in [-0.1, -0.05) is 206 Å². The van der Waals surface area contributed by atoms with Crippen molar-refractivity contribution in [1.82, 2.24) is 0 Å². The molecule has 312 valence electrons. The average molecular weight is 852 g/mol. The Morgan fingerprint density at radius 3 is 1.33 bits per heavy atom. The van der Waals surface area contributed by atoms with Crippen LogP contribution < -0.4 is 4.90 Å². The van der Waals surface area contributed by atoms with Gasteiger partial charge in [0.25, 0.3) is 0 Å². The summed E-state index contributed by atoms with van der Waals surface area (Å²) in [5.74, 6) is 0. The zero-order chi connectivity index (χ0) is 44.1. The molecule has 0 bridgehead atoms. The van der Waals surface area contributed by atoms with Crippen molar-refractivity contribution in [2.24, 2.45) is 0 Å². The lowest BCUT2D eigenvalue weighted by Gasteiger charge is -2.33. The van der Waals surface area contributed by atoms with Crippen LogP contribution in [0.25, 0.3) is 88.3 Å². The molecular formula is C65H41NO. The van der Waals surface area contributed by atoms with Crippen LogP contribution in [0.3, 0.4) is 0 Å². The highest BCUT2D eigenvalue weighted by molar-refractivity contribution is 6.18. The highest BCUT2D eigenvalue weighted by Gasteiger charge is 2.53. The van der Waals surface area contributed by atoms with Crippen molar-refractivity contribution in [3.05, 3.63) is 271 Å². The summed E-state index contributed by atoms with van der Waals surface area (Å²) in [5.41, 5.74) is 21.8. The predicted octanol–water partition coefficient (Wildman–Crippen LogP) is 17.6. The summed E-state index contributed by atoms with van der Waals surface area (Å²) < 4.78 is 7.19. The van der Waals surface area contributed by atoms with Gasteiger partial charge in [-0.05, 0) is 120 Å². The maximum absolute atomic E-state index is 7.19. The van der Waals surface area contributed by atoms with Gasteiger partial charge in [-0.15, -0.1) is 0 Å². The molecule has 0 amide bonds. The Labute approximate surface area is 389 Å². The molecule has 14 rings (SSSR count). The summed E-state index contributed by atoms with van der Waals surface area (Å²) in [6, 6.07) is 91.1. The molecule has 1 spiro atoms. The van der Waals surface area contributed by atoms with Gasteiger partial charge >= 0.3 is 0 Å². The predicted molar refractivity (Wildman–Crippen MR) is 279 cm³/mol. The minimum Gasteiger partial charge on any atom is -0.455 e. The summed E-state index contributed by atoms with van der Waals surface area (Å²) in [4.78, 5) is 2.42. The standard InChI is InChI=1S/C65H41NO/c1-3-17-42(18-4-1)44-31-35-46(36-32-44)66(47-37-33-45(34-38-47)43-19-5-2-6-20-43)60-40-39-54(48-21-7-8-25-52(48)60)62-63-55(41-56-53-26-12-16-30-61(53)67-64(56)62)51-24-11-15-29-59(51)65(63)57-27-13-9-22-49(57)50-23-10-14-28-58(50)65/h1-41H. The number of para-hydroxylation sites is 1. The van der Waals surface area contributed by atoms with E-state index in [0.29, 0.717) is 0 Å². The summed E-state index contributed by atoms with van der Waals surface area (Å²) in [7, 11) is 0. The molecule has 12 aromatic rings. The zero-order valence-corrected chi connectivity index (χ0v) is 36.5. The quantitative estimate of drug-likeness (QED) is 0.166. The molecule has 0 N–H and O–H groups in total. The van der Waals surface area contributed by atoms with Crippen LogP contribution in [0.4, 0.5) is 17.1 Å². The summed E-state index contributed by atoms with van der Waals surface area (Å²) >= 11 is 0. The van der Waals surface area contributed by atoms with Crippen LogP contribution in [0.2, 0.25) is 0 Å². The number of hydrogen-bond donors (Lipinski definition) is 0. The van der Waals surface area contributed by atoms with Crippen molar-refractivity contribution in [3.63, 3.8) is 0 Å². The molecule has 0 atom stereocenters. The molecule has 11 aromatic carbocycles. The second-order valence-electron chi connectivity index (χ2n) is 17.9. The Hall–Kier alpha value is -8.72. The van der Waals surface area contributed by atoms with Crippen molar-refractivity contribution in [1.29, 1.82) is 0 Å². The summed E-state index contributed by atoms with van der Waals surface area (Å²) in [6.07, 6.45) is 0. The molecule has 2 aliphatic carbocycles. The van der Waals surface area contributed by atoms with Gasteiger partial charge in [-0.2, -0.15) is 0 Å². The first-order valence-electron chi connectivity index (χ1n) is 23.2. The van der Waals surface area contributed by atoms with Gasteiger partial charge in [0.1, 0.15) is 11.2 Å². The maximum Gasteiger partial charge on any atom is 0.143 e. The third-order valence-corrected chi connectivity index (χ3v) is 14.5. The van der Waals surface area contributed by atoms with Crippen LogP contribution in [0, 0.1) is 0 Å². The monoisotopic (exact) mass is 851 g/mol. The molecule has 2 nitrogen and oxygen atoms in total. The number of rotatable bonds is 6. The second-order valence-corrected chi connectivity index (χ2v) is 17.9. The van der Waals surface area contributed by atoms with Crippen LogP contribution in [-0.4, -0.2) is 0 Å². The van der Waals surface area contributed by atoms with E-state index in [1.807, 2.05) is 0 Å². The van der Waals surface area contributed by atoms with E-state index in [-0.39, 0.29) is 0 Å². The Balaban J connectivity index is 1.06. The fraction of sp³-hybridized carbons (Fsp3) is 0.0154. The van der Waals surface area contributed by atoms with Gasteiger partial charge < -0.3 is 9.32 Å². The Bertz CT molecular complexity index is 3770. The Morgan fingerprint density at radius 1 is 0.313 bits per heavy atom. The Kier molecular flexibility index (Phi) is 8.23. The van der Waals surface area contributed by atoms with Gasteiger partial charge in [0.05, 0.1) is 11.1 Å². The van der Waals surface area contributed by atoms with E-state index in [2.05, 4.69) is 254 Å². The number of anilines is 3. The van der Waals surface area contributed by atoms with Crippen LogP contribution in [0.15, 0.2) is 253 Å². The topological polar surface area (TPSA) is 16.4 Å². The third-order valence-electron chi connectivity index (χ3n) is 14.5. The van der Waals surface area contributed by atoms with E-state index in [9.17, 15) is 0 Å². The van der Waals surface area contributed by atoms with Crippen molar-refractivity contribution in [2.45, 2.75) is 5.41 Å². The van der Waals surface area contributed by atoms with Gasteiger partial charge in [0, 0.05) is 33.1 Å². The van der Waals surface area contributed by atoms with Gasteiger partial charge in [-0.3, -0.25) is 0 Å². The van der Waals surface area contributed by atoms with E-state index in [0.717, 1.165) is 60.9 Å². The number of hydrogen-bond acceptors (Lipinski definition) is 2. The average Bonchev–Trinajstić information content (AvgIpc) is 4.03. The minimum atomic E-state index is -0.575. The summed E-state index contributed by atoms with van der Waals surface area (Å²) in [6.45, 7) is 0. The number of fused-ring (bicyclic) bond motifs is 14. The number of benzene rings is 11. The molecular weight excluding hydrogens is 811 g/mol. The smallest absolute Gasteiger partial charge is 0.143 e.